The number of allylic oxidation sites excluding steroid dienone is 2. The molecule has 3 aromatic rings. The molecule has 0 radical (unpaired) electrons. The molecule has 2 atom stereocenters. The first kappa shape index (κ1) is 28.1. The van der Waals surface area contributed by atoms with Gasteiger partial charge < -0.3 is 20.1 Å². The summed E-state index contributed by atoms with van der Waals surface area (Å²) in [5.41, 5.74) is 2.12. The van der Waals surface area contributed by atoms with E-state index >= 15 is 0 Å². The topological polar surface area (TPSA) is 124 Å². The molecule has 0 amide bonds. The molecule has 0 bridgehead atoms. The molecule has 2 aromatic carbocycles. The number of carboxylic acid groups (broad SMARTS) is 1. The van der Waals surface area contributed by atoms with E-state index in [9.17, 15) is 28.9 Å². The van der Waals surface area contributed by atoms with E-state index in [0.717, 1.165) is 0 Å². The van der Waals surface area contributed by atoms with Crippen LogP contribution in [-0.4, -0.2) is 48.6 Å². The number of carbonyl (C=O) groups is 1. The maximum atomic E-state index is 13.6. The maximum Gasteiger partial charge on any atom is 1.00 e. The van der Waals surface area contributed by atoms with Gasteiger partial charge in [0.2, 0.25) is 0 Å². The number of aliphatic hydroxyl groups excluding tert-OH is 2. The molecule has 0 fully saturated rings. The second kappa shape index (κ2) is 13.1. The first-order valence-corrected chi connectivity index (χ1v) is 9.97. The van der Waals surface area contributed by atoms with Crippen LogP contribution in [-0.2, 0) is 11.8 Å². The van der Waals surface area contributed by atoms with E-state index in [0.29, 0.717) is 28.1 Å². The van der Waals surface area contributed by atoms with Gasteiger partial charge in [-0.1, -0.05) is 36.4 Å². The minimum Gasteiger partial charge on any atom is -0.550 e. The van der Waals surface area contributed by atoms with Crippen LogP contribution < -0.4 is 56.5 Å². The van der Waals surface area contributed by atoms with Gasteiger partial charge in [-0.3, -0.25) is 0 Å². The van der Waals surface area contributed by atoms with Crippen LogP contribution in [0.1, 0.15) is 29.8 Å². The van der Waals surface area contributed by atoms with Crippen molar-refractivity contribution in [2.75, 3.05) is 0 Å². The van der Waals surface area contributed by atoms with E-state index in [-0.39, 0.29) is 57.8 Å². The second-order valence-electron chi connectivity index (χ2n) is 7.32. The molecule has 8 nitrogen and oxygen atoms in total. The summed E-state index contributed by atoms with van der Waals surface area (Å²) in [6, 6.07) is 11.3. The fraction of sp³-hybridized carbons (Fsp3) is 0.217. The fourth-order valence-electron chi connectivity index (χ4n) is 3.28. The number of tetrazole rings is 1. The molecule has 172 valence electrons. The van der Waals surface area contributed by atoms with Crippen LogP contribution in [0.15, 0.2) is 60.7 Å². The number of hydrogen-bond donors (Lipinski definition) is 2. The van der Waals surface area contributed by atoms with Crippen LogP contribution in [0.25, 0.3) is 11.1 Å². The quantitative estimate of drug-likeness (QED) is 0.267. The first-order valence-electron chi connectivity index (χ1n) is 9.97. The molecule has 0 spiro atoms. The van der Waals surface area contributed by atoms with Crippen molar-refractivity contribution < 1.29 is 80.3 Å². The second-order valence-corrected chi connectivity index (χ2v) is 7.32. The number of benzene rings is 2. The number of halogens is 2. The number of aliphatic carboxylic acids is 1. The van der Waals surface area contributed by atoms with Crippen LogP contribution in [0.4, 0.5) is 8.78 Å². The van der Waals surface area contributed by atoms with Crippen molar-refractivity contribution in [3.63, 3.8) is 0 Å². The molecule has 34 heavy (non-hydrogen) atoms. The molecule has 0 saturated carbocycles. The molecule has 3 rings (SSSR count). The maximum absolute atomic E-state index is 13.6. The Balaban J connectivity index is 0.00000408. The van der Waals surface area contributed by atoms with E-state index in [1.165, 1.54) is 41.1 Å². The van der Waals surface area contributed by atoms with E-state index < -0.39 is 36.2 Å². The average molecular weight is 495 g/mol. The number of carbonyl (C=O) groups excluding carboxylic acids is 1. The van der Waals surface area contributed by atoms with Gasteiger partial charge in [-0.05, 0) is 51.4 Å². The van der Waals surface area contributed by atoms with Crippen LogP contribution >= 0.6 is 0 Å². The van der Waals surface area contributed by atoms with Gasteiger partial charge in [-0.15, -0.1) is 5.10 Å². The number of rotatable bonds is 9. The van der Waals surface area contributed by atoms with E-state index in [1.54, 1.807) is 31.3 Å². The minimum atomic E-state index is -1.43. The van der Waals surface area contributed by atoms with Gasteiger partial charge in [-0.2, -0.15) is 0 Å². The zero-order valence-corrected chi connectivity index (χ0v) is 21.7. The summed E-state index contributed by atoms with van der Waals surface area (Å²) in [5, 5.41) is 42.2. The molecule has 0 aliphatic carbocycles. The van der Waals surface area contributed by atoms with Gasteiger partial charge in [0.25, 0.3) is 0 Å². The Kier molecular flexibility index (Phi) is 10.8. The molecule has 1 heterocycles. The number of hydrogen-bond acceptors (Lipinski definition) is 7. The molecule has 2 N–H and O–H groups in total. The van der Waals surface area contributed by atoms with Gasteiger partial charge in [-0.25, -0.2) is 13.5 Å². The SMILES string of the molecule is Cn1nnnc1C(C=CC(O)CC(O)CC(=O)[O-])=C(c1ccc(F)cc1)c1ccc(F)cc1.[K+]. The first-order chi connectivity index (χ1) is 15.7. The van der Waals surface area contributed by atoms with E-state index in [1.807, 2.05) is 0 Å². The third-order valence-electron chi connectivity index (χ3n) is 4.80. The summed E-state index contributed by atoms with van der Waals surface area (Å²) in [4.78, 5) is 10.6. The smallest absolute Gasteiger partial charge is 0.550 e. The predicted octanol–water partition coefficient (Wildman–Crippen LogP) is -1.74. The Hall–Kier alpha value is -2.12. The third-order valence-corrected chi connectivity index (χ3v) is 4.80. The molecular weight excluding hydrogens is 473 g/mol. The zero-order valence-electron chi connectivity index (χ0n) is 18.6. The van der Waals surface area contributed by atoms with Crippen LogP contribution in [0.2, 0.25) is 0 Å². The standard InChI is InChI=1S/C23H22F2N4O4.K/c1-29-23(26-27-28-29)20(11-10-18(30)12-19(31)13-21(32)33)22(14-2-6-16(24)7-3-14)15-4-8-17(25)9-5-15;/h2-11,18-19,30-31H,12-13H2,1H3,(H,32,33);/q;+1/p-1. The van der Waals surface area contributed by atoms with Crippen molar-refractivity contribution in [2.45, 2.75) is 25.0 Å². The number of carboxylic acids is 1. The molecule has 0 aliphatic heterocycles. The van der Waals surface area contributed by atoms with Crippen molar-refractivity contribution in [3.8, 4) is 0 Å². The average Bonchev–Trinajstić information content (AvgIpc) is 3.18. The summed E-state index contributed by atoms with van der Waals surface area (Å²) in [7, 11) is 1.61. The summed E-state index contributed by atoms with van der Waals surface area (Å²) in [6.07, 6.45) is -0.473. The predicted molar refractivity (Wildman–Crippen MR) is 113 cm³/mol. The molecule has 0 saturated heterocycles. The number of nitrogens with zero attached hydrogens (tertiary/aromatic N) is 4. The van der Waals surface area contributed by atoms with Crippen molar-refractivity contribution in [3.05, 3.63) is 89.3 Å². The molecule has 11 heteroatoms. The molecular formula is C23H21F2KN4O4. The number of aromatic nitrogens is 4. The Labute approximate surface area is 237 Å². The van der Waals surface area contributed by atoms with Gasteiger partial charge in [0.1, 0.15) is 11.6 Å². The number of aryl methyl sites for hydroxylation is 1. The van der Waals surface area contributed by atoms with E-state index in [2.05, 4.69) is 15.5 Å². The van der Waals surface area contributed by atoms with Crippen molar-refractivity contribution >= 4 is 17.1 Å². The van der Waals surface area contributed by atoms with Crippen LogP contribution in [0.5, 0.6) is 0 Å². The third kappa shape index (κ3) is 7.70. The van der Waals surface area contributed by atoms with Gasteiger partial charge in [0.15, 0.2) is 5.82 Å². The summed E-state index contributed by atoms with van der Waals surface area (Å²) in [5.74, 6) is -2.00. The Bertz CT molecular complexity index is 1120. The van der Waals surface area contributed by atoms with Crippen molar-refractivity contribution in [1.82, 2.24) is 20.2 Å². The number of aliphatic hydroxyl groups is 2. The van der Waals surface area contributed by atoms with Gasteiger partial charge in [0.05, 0.1) is 12.2 Å². The Morgan fingerprint density at radius 2 is 1.59 bits per heavy atom. The van der Waals surface area contributed by atoms with Crippen LogP contribution in [0, 0.1) is 11.6 Å². The molecule has 1 aromatic heterocycles. The zero-order chi connectivity index (χ0) is 24.0. The van der Waals surface area contributed by atoms with Gasteiger partial charge in [0, 0.05) is 31.4 Å². The molecule has 0 aliphatic rings. The Morgan fingerprint density at radius 3 is 2.03 bits per heavy atom. The molecule has 2 unspecified atom stereocenters. The van der Waals surface area contributed by atoms with E-state index in [4.69, 9.17) is 0 Å². The summed E-state index contributed by atoms with van der Waals surface area (Å²) < 4.78 is 28.6. The summed E-state index contributed by atoms with van der Waals surface area (Å²) >= 11 is 0. The summed E-state index contributed by atoms with van der Waals surface area (Å²) in [6.45, 7) is 0. The van der Waals surface area contributed by atoms with Gasteiger partial charge >= 0.3 is 51.4 Å². The Morgan fingerprint density at radius 1 is 1.06 bits per heavy atom. The van der Waals surface area contributed by atoms with Crippen molar-refractivity contribution in [2.24, 2.45) is 7.05 Å². The fourth-order valence-corrected chi connectivity index (χ4v) is 3.28. The van der Waals surface area contributed by atoms with Crippen molar-refractivity contribution in [1.29, 1.82) is 0 Å². The normalized spacial score (nSPS) is 12.7. The largest absolute Gasteiger partial charge is 1.00 e. The monoisotopic (exact) mass is 494 g/mol. The minimum absolute atomic E-state index is 0. The van der Waals surface area contributed by atoms with Crippen LogP contribution in [0.3, 0.4) is 0 Å².